The summed E-state index contributed by atoms with van der Waals surface area (Å²) in [6.45, 7) is 4.80. The van der Waals surface area contributed by atoms with Crippen LogP contribution in [0.2, 0.25) is 0 Å². The Kier molecular flexibility index (Phi) is 3.93. The molecule has 5 nitrogen and oxygen atoms in total. The van der Waals surface area contributed by atoms with Gasteiger partial charge in [0.2, 0.25) is 0 Å². The highest BCUT2D eigenvalue weighted by Crippen LogP contribution is 2.03. The zero-order valence-electron chi connectivity index (χ0n) is 10.4. The van der Waals surface area contributed by atoms with Crippen molar-refractivity contribution in [1.82, 2.24) is 24.6 Å². The van der Waals surface area contributed by atoms with Gasteiger partial charge < -0.3 is 9.88 Å². The fraction of sp³-hybridized carbons (Fsp3) is 0.500. The molecule has 0 saturated carbocycles. The third-order valence-corrected chi connectivity index (χ3v) is 2.69. The third-order valence-electron chi connectivity index (χ3n) is 2.69. The van der Waals surface area contributed by atoms with E-state index in [-0.39, 0.29) is 0 Å². The highest BCUT2D eigenvalue weighted by atomic mass is 15.3. The van der Waals surface area contributed by atoms with E-state index in [1.165, 1.54) is 5.56 Å². The third kappa shape index (κ3) is 3.17. The lowest BCUT2D eigenvalue weighted by Gasteiger charge is -1.98. The molecule has 0 spiro atoms. The van der Waals surface area contributed by atoms with Crippen LogP contribution in [-0.2, 0) is 19.5 Å². The highest BCUT2D eigenvalue weighted by molar-refractivity contribution is 5.07. The average molecular weight is 233 g/mol. The first kappa shape index (κ1) is 11.9. The van der Waals surface area contributed by atoms with Crippen molar-refractivity contribution in [1.29, 1.82) is 0 Å². The Labute approximate surface area is 101 Å². The molecular weight excluding hydrogens is 214 g/mol. The summed E-state index contributed by atoms with van der Waals surface area (Å²) in [7, 11) is 1.95. The summed E-state index contributed by atoms with van der Waals surface area (Å²) in [5.41, 5.74) is 2.34. The Balaban J connectivity index is 1.96. The summed E-state index contributed by atoms with van der Waals surface area (Å²) in [5.74, 6) is 0. The molecule has 2 aromatic heterocycles. The van der Waals surface area contributed by atoms with Crippen molar-refractivity contribution in [3.8, 4) is 0 Å². The summed E-state index contributed by atoms with van der Waals surface area (Å²) in [4.78, 5) is 4.37. The number of hydrogen-bond donors (Lipinski definition) is 1. The average Bonchev–Trinajstić information content (AvgIpc) is 2.96. The lowest BCUT2D eigenvalue weighted by Crippen LogP contribution is -2.10. The molecule has 0 fully saturated rings. The molecule has 0 atom stereocenters. The quantitative estimate of drug-likeness (QED) is 0.806. The van der Waals surface area contributed by atoms with Crippen molar-refractivity contribution in [3.63, 3.8) is 0 Å². The Morgan fingerprint density at radius 1 is 1.35 bits per heavy atom. The first-order valence-corrected chi connectivity index (χ1v) is 5.98. The molecule has 5 heteroatoms. The fourth-order valence-electron chi connectivity index (χ4n) is 1.75. The lowest BCUT2D eigenvalue weighted by atomic mass is 10.3. The van der Waals surface area contributed by atoms with Gasteiger partial charge in [-0.3, -0.25) is 4.68 Å². The summed E-state index contributed by atoms with van der Waals surface area (Å²) >= 11 is 0. The maximum Gasteiger partial charge on any atom is 0.0952 e. The number of nitrogens with zero attached hydrogens (tertiary/aromatic N) is 4. The van der Waals surface area contributed by atoms with Crippen molar-refractivity contribution in [2.45, 2.75) is 26.4 Å². The van der Waals surface area contributed by atoms with Gasteiger partial charge in [-0.2, -0.15) is 5.10 Å². The van der Waals surface area contributed by atoms with Crippen LogP contribution in [-0.4, -0.2) is 32.9 Å². The van der Waals surface area contributed by atoms with Gasteiger partial charge in [-0.05, 0) is 14.0 Å². The number of imidazole rings is 1. The summed E-state index contributed by atoms with van der Waals surface area (Å²) < 4.78 is 4.04. The maximum atomic E-state index is 4.37. The number of hydrogen-bond acceptors (Lipinski definition) is 3. The van der Waals surface area contributed by atoms with Gasteiger partial charge in [0, 0.05) is 37.5 Å². The van der Waals surface area contributed by atoms with E-state index in [1.807, 2.05) is 24.3 Å². The highest BCUT2D eigenvalue weighted by Gasteiger charge is 2.01. The van der Waals surface area contributed by atoms with Crippen molar-refractivity contribution < 1.29 is 0 Å². The minimum absolute atomic E-state index is 0.840. The molecule has 0 aliphatic carbocycles. The standard InChI is InChI=1S/C12H19N5/c1-3-17-8-11(6-15-17)7-16-9-12(14-10-16)4-5-13-2/h6,8-10,13H,3-5,7H2,1-2H3. The summed E-state index contributed by atoms with van der Waals surface area (Å²) in [6.07, 6.45) is 8.94. The minimum Gasteiger partial charge on any atom is -0.333 e. The number of likely N-dealkylation sites (N-methyl/N-ethyl adjacent to an activating group) is 1. The molecule has 92 valence electrons. The number of aromatic nitrogens is 4. The molecule has 17 heavy (non-hydrogen) atoms. The van der Waals surface area contributed by atoms with E-state index in [9.17, 15) is 0 Å². The van der Waals surface area contributed by atoms with E-state index in [4.69, 9.17) is 0 Å². The van der Waals surface area contributed by atoms with Crippen molar-refractivity contribution in [2.24, 2.45) is 0 Å². The molecular formula is C12H19N5. The van der Waals surface area contributed by atoms with Crippen molar-refractivity contribution in [2.75, 3.05) is 13.6 Å². The summed E-state index contributed by atoms with van der Waals surface area (Å²) in [6, 6.07) is 0. The molecule has 0 amide bonds. The van der Waals surface area contributed by atoms with Gasteiger partial charge in [0.1, 0.15) is 0 Å². The van der Waals surface area contributed by atoms with Crippen LogP contribution in [0.3, 0.4) is 0 Å². The van der Waals surface area contributed by atoms with Gasteiger partial charge in [0.15, 0.2) is 0 Å². The van der Waals surface area contributed by atoms with Crippen LogP contribution in [0.4, 0.5) is 0 Å². The van der Waals surface area contributed by atoms with E-state index < -0.39 is 0 Å². The smallest absolute Gasteiger partial charge is 0.0952 e. The molecule has 0 radical (unpaired) electrons. The summed E-state index contributed by atoms with van der Waals surface area (Å²) in [5, 5.41) is 7.38. The molecule has 0 saturated heterocycles. The van der Waals surface area contributed by atoms with Crippen LogP contribution in [0.25, 0.3) is 0 Å². The second-order valence-corrected chi connectivity index (χ2v) is 4.10. The Hall–Kier alpha value is -1.62. The van der Waals surface area contributed by atoms with Gasteiger partial charge in [0.25, 0.3) is 0 Å². The minimum atomic E-state index is 0.840. The van der Waals surface area contributed by atoms with E-state index >= 15 is 0 Å². The monoisotopic (exact) mass is 233 g/mol. The van der Waals surface area contributed by atoms with E-state index in [2.05, 4.69) is 39.3 Å². The predicted octanol–water partition coefficient (Wildman–Crippen LogP) is 0.910. The molecule has 2 heterocycles. The molecule has 0 unspecified atom stereocenters. The zero-order chi connectivity index (χ0) is 12.1. The Bertz CT molecular complexity index is 457. The zero-order valence-corrected chi connectivity index (χ0v) is 10.4. The van der Waals surface area contributed by atoms with E-state index in [0.717, 1.165) is 31.7 Å². The first-order chi connectivity index (χ1) is 8.31. The normalized spacial score (nSPS) is 10.9. The number of rotatable bonds is 6. The van der Waals surface area contributed by atoms with Gasteiger partial charge >= 0.3 is 0 Å². The largest absolute Gasteiger partial charge is 0.333 e. The predicted molar refractivity (Wildman–Crippen MR) is 66.9 cm³/mol. The topological polar surface area (TPSA) is 47.7 Å². The van der Waals surface area contributed by atoms with Crippen LogP contribution < -0.4 is 5.32 Å². The Morgan fingerprint density at radius 2 is 2.24 bits per heavy atom. The SMILES string of the molecule is CCn1cc(Cn2cnc(CCNC)c2)cn1. The number of nitrogens with one attached hydrogen (secondary N) is 1. The van der Waals surface area contributed by atoms with Gasteiger partial charge in [-0.25, -0.2) is 4.98 Å². The molecule has 0 aliphatic heterocycles. The van der Waals surface area contributed by atoms with E-state index in [0.29, 0.717) is 0 Å². The first-order valence-electron chi connectivity index (χ1n) is 5.98. The van der Waals surface area contributed by atoms with Crippen molar-refractivity contribution in [3.05, 3.63) is 36.2 Å². The fourth-order valence-corrected chi connectivity index (χ4v) is 1.75. The molecule has 0 aliphatic rings. The van der Waals surface area contributed by atoms with Crippen LogP contribution in [0.1, 0.15) is 18.2 Å². The van der Waals surface area contributed by atoms with Crippen molar-refractivity contribution >= 4 is 0 Å². The van der Waals surface area contributed by atoms with Crippen LogP contribution in [0.5, 0.6) is 0 Å². The van der Waals surface area contributed by atoms with Crippen LogP contribution >= 0.6 is 0 Å². The van der Waals surface area contributed by atoms with Gasteiger partial charge in [0.05, 0.1) is 24.8 Å². The molecule has 0 bridgehead atoms. The lowest BCUT2D eigenvalue weighted by molar-refractivity contribution is 0.658. The maximum absolute atomic E-state index is 4.37. The van der Waals surface area contributed by atoms with Gasteiger partial charge in [-0.15, -0.1) is 0 Å². The Morgan fingerprint density at radius 3 is 2.94 bits per heavy atom. The second-order valence-electron chi connectivity index (χ2n) is 4.10. The molecule has 2 rings (SSSR count). The van der Waals surface area contributed by atoms with Crippen LogP contribution in [0.15, 0.2) is 24.9 Å². The molecule has 2 aromatic rings. The van der Waals surface area contributed by atoms with Gasteiger partial charge in [-0.1, -0.05) is 0 Å². The second kappa shape index (κ2) is 5.63. The molecule has 1 N–H and O–H groups in total. The van der Waals surface area contributed by atoms with Crippen LogP contribution in [0, 0.1) is 0 Å². The number of aryl methyl sites for hydroxylation is 1. The van der Waals surface area contributed by atoms with E-state index in [1.54, 1.807) is 0 Å². The molecule has 0 aromatic carbocycles.